The van der Waals surface area contributed by atoms with Crippen LogP contribution in [-0.4, -0.2) is 27.7 Å². The van der Waals surface area contributed by atoms with E-state index in [0.717, 1.165) is 4.47 Å². The van der Waals surface area contributed by atoms with Crippen molar-refractivity contribution >= 4 is 38.4 Å². The van der Waals surface area contributed by atoms with E-state index in [1.165, 1.54) is 0 Å². The van der Waals surface area contributed by atoms with Crippen molar-refractivity contribution in [2.45, 2.75) is 12.8 Å². The van der Waals surface area contributed by atoms with Crippen molar-refractivity contribution in [1.29, 1.82) is 0 Å². The molecule has 2 aromatic rings. The number of amides is 1. The quantitative estimate of drug-likeness (QED) is 0.753. The van der Waals surface area contributed by atoms with Crippen LogP contribution in [0.1, 0.15) is 12.8 Å². The summed E-state index contributed by atoms with van der Waals surface area (Å²) in [7, 11) is 0. The molecule has 0 atom stereocenters. The highest BCUT2D eigenvalue weighted by molar-refractivity contribution is 9.10. The van der Waals surface area contributed by atoms with E-state index in [4.69, 9.17) is 5.11 Å². The number of H-pyrrole nitrogens is 1. The Balaban J connectivity index is 2.29. The predicted octanol–water partition coefficient (Wildman–Crippen LogP) is 3.02. The first kappa shape index (κ1) is 13.7. The summed E-state index contributed by atoms with van der Waals surface area (Å²) in [5.41, 5.74) is 0.936. The van der Waals surface area contributed by atoms with Gasteiger partial charge in [-0.05, 0) is 24.6 Å². The largest absolute Gasteiger partial charge is 0.493 e. The van der Waals surface area contributed by atoms with E-state index in [1.807, 2.05) is 6.07 Å². The molecule has 3 N–H and O–H groups in total. The summed E-state index contributed by atoms with van der Waals surface area (Å²) in [6, 6.07) is 5.38. The van der Waals surface area contributed by atoms with Crippen LogP contribution in [-0.2, 0) is 4.79 Å². The zero-order valence-corrected chi connectivity index (χ0v) is 11.5. The lowest BCUT2D eigenvalue weighted by Gasteiger charge is -1.93. The SMILES string of the molecule is O=C(CCCO)N=Nc1c(O)[nH]c2ccc(Br)cc12. The van der Waals surface area contributed by atoms with E-state index in [2.05, 4.69) is 31.1 Å². The van der Waals surface area contributed by atoms with Crippen molar-refractivity contribution in [2.75, 3.05) is 6.61 Å². The Morgan fingerprint density at radius 3 is 2.95 bits per heavy atom. The van der Waals surface area contributed by atoms with Crippen LogP contribution in [0.25, 0.3) is 10.9 Å². The van der Waals surface area contributed by atoms with E-state index >= 15 is 0 Å². The number of aromatic nitrogens is 1. The normalized spacial score (nSPS) is 11.5. The summed E-state index contributed by atoms with van der Waals surface area (Å²) in [6.45, 7) is -0.0630. The molecule has 0 spiro atoms. The maximum absolute atomic E-state index is 11.3. The summed E-state index contributed by atoms with van der Waals surface area (Å²) in [5, 5.41) is 26.3. The molecule has 7 heteroatoms. The summed E-state index contributed by atoms with van der Waals surface area (Å²) in [4.78, 5) is 14.1. The number of hydrogen-bond acceptors (Lipinski definition) is 4. The Hall–Kier alpha value is -1.73. The van der Waals surface area contributed by atoms with Crippen LogP contribution in [0.2, 0.25) is 0 Å². The first-order valence-corrected chi connectivity index (χ1v) is 6.46. The van der Waals surface area contributed by atoms with Gasteiger partial charge < -0.3 is 15.2 Å². The van der Waals surface area contributed by atoms with Crippen LogP contribution in [0.15, 0.2) is 32.9 Å². The lowest BCUT2D eigenvalue weighted by molar-refractivity contribution is -0.118. The van der Waals surface area contributed by atoms with Gasteiger partial charge in [-0.2, -0.15) is 0 Å². The zero-order chi connectivity index (χ0) is 13.8. The highest BCUT2D eigenvalue weighted by Gasteiger charge is 2.11. The van der Waals surface area contributed by atoms with Crippen LogP contribution in [0, 0.1) is 0 Å². The molecule has 0 aliphatic carbocycles. The molecule has 0 aliphatic heterocycles. The van der Waals surface area contributed by atoms with Crippen molar-refractivity contribution in [1.82, 2.24) is 4.98 Å². The Labute approximate surface area is 117 Å². The van der Waals surface area contributed by atoms with Crippen LogP contribution in [0.3, 0.4) is 0 Å². The molecule has 2 rings (SSSR count). The van der Waals surface area contributed by atoms with Crippen molar-refractivity contribution in [2.24, 2.45) is 10.2 Å². The van der Waals surface area contributed by atoms with Gasteiger partial charge in [0.15, 0.2) is 5.69 Å². The molecule has 1 aromatic heterocycles. The van der Waals surface area contributed by atoms with Gasteiger partial charge in [0.25, 0.3) is 5.91 Å². The molecule has 100 valence electrons. The van der Waals surface area contributed by atoms with Gasteiger partial charge in [0, 0.05) is 22.9 Å². The molecule has 0 bridgehead atoms. The van der Waals surface area contributed by atoms with E-state index in [9.17, 15) is 9.90 Å². The summed E-state index contributed by atoms with van der Waals surface area (Å²) < 4.78 is 0.835. The smallest absolute Gasteiger partial charge is 0.264 e. The second-order valence-electron chi connectivity index (χ2n) is 3.93. The maximum atomic E-state index is 11.3. The molecule has 19 heavy (non-hydrogen) atoms. The Bertz CT molecular complexity index is 636. The number of nitrogens with one attached hydrogen (secondary N) is 1. The second-order valence-corrected chi connectivity index (χ2v) is 4.85. The molecule has 6 nitrogen and oxygen atoms in total. The first-order chi connectivity index (χ1) is 9.11. The summed E-state index contributed by atoms with van der Waals surface area (Å²) >= 11 is 3.33. The minimum absolute atomic E-state index is 0.0630. The van der Waals surface area contributed by atoms with Gasteiger partial charge in [0.2, 0.25) is 5.88 Å². The van der Waals surface area contributed by atoms with Gasteiger partial charge >= 0.3 is 0 Å². The van der Waals surface area contributed by atoms with Gasteiger partial charge in [-0.3, -0.25) is 4.79 Å². The molecule has 0 saturated heterocycles. The number of hydrogen-bond donors (Lipinski definition) is 3. The van der Waals surface area contributed by atoms with E-state index in [-0.39, 0.29) is 24.6 Å². The number of rotatable bonds is 4. The van der Waals surface area contributed by atoms with Crippen LogP contribution in [0.4, 0.5) is 5.69 Å². The zero-order valence-electron chi connectivity index (χ0n) is 9.93. The minimum atomic E-state index is -0.433. The Morgan fingerprint density at radius 1 is 1.42 bits per heavy atom. The highest BCUT2D eigenvalue weighted by atomic mass is 79.9. The van der Waals surface area contributed by atoms with Gasteiger partial charge in [-0.25, -0.2) is 0 Å². The van der Waals surface area contributed by atoms with Crippen molar-refractivity contribution in [3.8, 4) is 5.88 Å². The fourth-order valence-corrected chi connectivity index (χ4v) is 1.98. The number of azo groups is 1. The monoisotopic (exact) mass is 325 g/mol. The molecule has 1 heterocycles. The number of aromatic hydroxyl groups is 1. The number of carbonyl (C=O) groups excluding carboxylic acids is 1. The highest BCUT2D eigenvalue weighted by Crippen LogP contribution is 2.36. The number of halogens is 1. The third-order valence-corrected chi connectivity index (χ3v) is 3.02. The Morgan fingerprint density at radius 2 is 2.21 bits per heavy atom. The number of carbonyl (C=O) groups is 1. The average molecular weight is 326 g/mol. The lowest BCUT2D eigenvalue weighted by Crippen LogP contribution is -1.93. The molecule has 0 radical (unpaired) electrons. The second kappa shape index (κ2) is 5.94. The van der Waals surface area contributed by atoms with Crippen LogP contribution >= 0.6 is 15.9 Å². The lowest BCUT2D eigenvalue weighted by atomic mass is 10.2. The molecule has 0 fully saturated rings. The van der Waals surface area contributed by atoms with Gasteiger partial charge in [-0.15, -0.1) is 10.2 Å². The third kappa shape index (κ3) is 3.18. The Kier molecular flexibility index (Phi) is 4.28. The molecule has 1 amide bonds. The first-order valence-electron chi connectivity index (χ1n) is 5.67. The van der Waals surface area contributed by atoms with E-state index < -0.39 is 5.91 Å². The van der Waals surface area contributed by atoms with Crippen LogP contribution < -0.4 is 0 Å². The molecule has 0 saturated carbocycles. The molecular formula is C12H12BrN3O3. The number of aliphatic hydroxyl groups excluding tert-OH is 1. The topological polar surface area (TPSA) is 98.0 Å². The van der Waals surface area contributed by atoms with Gasteiger partial charge in [-0.1, -0.05) is 15.9 Å². The molecule has 0 unspecified atom stereocenters. The van der Waals surface area contributed by atoms with E-state index in [1.54, 1.807) is 12.1 Å². The van der Waals surface area contributed by atoms with Gasteiger partial charge in [0.1, 0.15) is 0 Å². The number of nitrogens with zero attached hydrogens (tertiary/aromatic N) is 2. The van der Waals surface area contributed by atoms with Crippen LogP contribution in [0.5, 0.6) is 5.88 Å². The third-order valence-electron chi connectivity index (χ3n) is 2.52. The standard InChI is InChI=1S/C12H12BrN3O3/c13-7-3-4-9-8(6-7)11(12(19)14-9)16-15-10(18)2-1-5-17/h3-4,6,14,17,19H,1-2,5H2. The summed E-state index contributed by atoms with van der Waals surface area (Å²) in [5.74, 6) is -0.565. The van der Waals surface area contributed by atoms with Gasteiger partial charge in [0.05, 0.1) is 5.52 Å². The molecular weight excluding hydrogens is 314 g/mol. The number of benzene rings is 1. The minimum Gasteiger partial charge on any atom is -0.493 e. The molecule has 1 aromatic carbocycles. The van der Waals surface area contributed by atoms with Crippen molar-refractivity contribution in [3.05, 3.63) is 22.7 Å². The average Bonchev–Trinajstić information content (AvgIpc) is 2.69. The number of aliphatic hydroxyl groups is 1. The number of fused-ring (bicyclic) bond motifs is 1. The fraction of sp³-hybridized carbons (Fsp3) is 0.250. The van der Waals surface area contributed by atoms with Crippen molar-refractivity contribution < 1.29 is 15.0 Å². The fourth-order valence-electron chi connectivity index (χ4n) is 1.62. The summed E-state index contributed by atoms with van der Waals surface area (Å²) in [6.07, 6.45) is 0.482. The molecule has 0 aliphatic rings. The van der Waals surface area contributed by atoms with E-state index in [0.29, 0.717) is 17.3 Å². The number of aromatic amines is 1. The predicted molar refractivity (Wildman–Crippen MR) is 73.5 cm³/mol. The maximum Gasteiger partial charge on any atom is 0.264 e. The van der Waals surface area contributed by atoms with Crippen molar-refractivity contribution in [3.63, 3.8) is 0 Å².